The first kappa shape index (κ1) is 13.4. The molecule has 102 valence electrons. The monoisotopic (exact) mass is 252 g/mol. The summed E-state index contributed by atoms with van der Waals surface area (Å²) in [5, 5.41) is 14.6. The number of likely N-dealkylation sites (N-methyl/N-ethyl adjacent to an activating group) is 1. The van der Waals surface area contributed by atoms with E-state index < -0.39 is 0 Å². The minimum absolute atomic E-state index is 0.179. The highest BCUT2D eigenvalue weighted by molar-refractivity contribution is 5.50. The number of anilines is 1. The lowest BCUT2D eigenvalue weighted by atomic mass is 9.91. The van der Waals surface area contributed by atoms with Gasteiger partial charge in [0.05, 0.1) is 17.8 Å². The van der Waals surface area contributed by atoms with Gasteiger partial charge in [0.15, 0.2) is 0 Å². The second kappa shape index (κ2) is 5.28. The molecular formula is C13H24N4O. The zero-order valence-corrected chi connectivity index (χ0v) is 11.6. The van der Waals surface area contributed by atoms with Gasteiger partial charge in [-0.3, -0.25) is 4.68 Å². The quantitative estimate of drug-likeness (QED) is 0.839. The molecule has 2 unspecified atom stereocenters. The molecule has 0 amide bonds. The van der Waals surface area contributed by atoms with E-state index in [4.69, 9.17) is 5.73 Å². The van der Waals surface area contributed by atoms with E-state index in [-0.39, 0.29) is 12.1 Å². The predicted molar refractivity (Wildman–Crippen MR) is 72.5 cm³/mol. The lowest BCUT2D eigenvalue weighted by Crippen LogP contribution is -2.44. The van der Waals surface area contributed by atoms with Crippen LogP contribution < -0.4 is 10.6 Å². The van der Waals surface area contributed by atoms with Crippen LogP contribution in [0.15, 0.2) is 0 Å². The molecule has 1 aliphatic carbocycles. The van der Waals surface area contributed by atoms with Crippen molar-refractivity contribution in [3.8, 4) is 0 Å². The Bertz CT molecular complexity index is 415. The molecule has 0 radical (unpaired) electrons. The highest BCUT2D eigenvalue weighted by atomic mass is 16.3. The van der Waals surface area contributed by atoms with Crippen LogP contribution >= 0.6 is 0 Å². The third-order valence-corrected chi connectivity index (χ3v) is 4.04. The minimum atomic E-state index is -0.246. The largest absolute Gasteiger partial charge is 0.391 e. The van der Waals surface area contributed by atoms with Crippen LogP contribution in [0.2, 0.25) is 0 Å². The molecule has 0 aliphatic heterocycles. The lowest BCUT2D eigenvalue weighted by molar-refractivity contribution is 0.105. The van der Waals surface area contributed by atoms with Crippen molar-refractivity contribution in [2.45, 2.75) is 51.3 Å². The molecule has 1 aliphatic rings. The first-order valence-electron chi connectivity index (χ1n) is 6.69. The fourth-order valence-corrected chi connectivity index (χ4v) is 3.07. The summed E-state index contributed by atoms with van der Waals surface area (Å²) in [6, 6.07) is 0.179. The smallest absolute Gasteiger partial charge is 0.131 e. The number of aliphatic hydroxyl groups excluding tert-OH is 1. The molecule has 0 spiro atoms. The number of aryl methyl sites for hydroxylation is 2. The minimum Gasteiger partial charge on any atom is -0.391 e. The van der Waals surface area contributed by atoms with Gasteiger partial charge in [-0.05, 0) is 19.8 Å². The summed E-state index contributed by atoms with van der Waals surface area (Å²) in [5.74, 6) is 1.04. The Morgan fingerprint density at radius 1 is 1.44 bits per heavy atom. The van der Waals surface area contributed by atoms with Gasteiger partial charge in [-0.25, -0.2) is 0 Å². The SMILES string of the molecule is Cc1nn(C)c(N(C)C2CCCCC2O)c1CN. The van der Waals surface area contributed by atoms with Gasteiger partial charge >= 0.3 is 0 Å². The summed E-state index contributed by atoms with van der Waals surface area (Å²) in [6.45, 7) is 2.47. The van der Waals surface area contributed by atoms with Gasteiger partial charge in [0.2, 0.25) is 0 Å². The molecule has 2 rings (SSSR count). The Morgan fingerprint density at radius 2 is 2.11 bits per heavy atom. The molecule has 0 bridgehead atoms. The van der Waals surface area contributed by atoms with E-state index >= 15 is 0 Å². The summed E-state index contributed by atoms with van der Waals surface area (Å²) in [6.07, 6.45) is 3.99. The van der Waals surface area contributed by atoms with Crippen LogP contribution in [0.3, 0.4) is 0 Å². The van der Waals surface area contributed by atoms with Crippen molar-refractivity contribution in [3.63, 3.8) is 0 Å². The summed E-state index contributed by atoms with van der Waals surface area (Å²) < 4.78 is 1.87. The Kier molecular flexibility index (Phi) is 3.92. The molecule has 1 aromatic rings. The zero-order valence-electron chi connectivity index (χ0n) is 11.6. The van der Waals surface area contributed by atoms with E-state index in [1.165, 1.54) is 6.42 Å². The van der Waals surface area contributed by atoms with E-state index in [2.05, 4.69) is 10.00 Å². The Hall–Kier alpha value is -1.07. The number of nitrogens with two attached hydrogens (primary N) is 1. The van der Waals surface area contributed by atoms with Crippen LogP contribution in [-0.4, -0.2) is 34.1 Å². The molecule has 0 aromatic carbocycles. The third-order valence-electron chi connectivity index (χ3n) is 4.04. The van der Waals surface area contributed by atoms with Crippen molar-refractivity contribution >= 4 is 5.82 Å². The maximum Gasteiger partial charge on any atom is 0.131 e. The first-order chi connectivity index (χ1) is 8.56. The van der Waals surface area contributed by atoms with Gasteiger partial charge < -0.3 is 15.7 Å². The highest BCUT2D eigenvalue weighted by Gasteiger charge is 2.29. The lowest BCUT2D eigenvalue weighted by Gasteiger charge is -2.36. The van der Waals surface area contributed by atoms with Gasteiger partial charge in [-0.1, -0.05) is 12.8 Å². The topological polar surface area (TPSA) is 67.3 Å². The van der Waals surface area contributed by atoms with E-state index in [1.807, 2.05) is 25.7 Å². The number of hydrogen-bond donors (Lipinski definition) is 2. The van der Waals surface area contributed by atoms with Crippen LogP contribution in [0.1, 0.15) is 36.9 Å². The fraction of sp³-hybridized carbons (Fsp3) is 0.769. The van der Waals surface area contributed by atoms with Crippen molar-refractivity contribution in [1.29, 1.82) is 0 Å². The van der Waals surface area contributed by atoms with Crippen LogP contribution in [-0.2, 0) is 13.6 Å². The summed E-state index contributed by atoms with van der Waals surface area (Å²) in [7, 11) is 3.97. The fourth-order valence-electron chi connectivity index (χ4n) is 3.07. The Morgan fingerprint density at radius 3 is 2.72 bits per heavy atom. The molecule has 1 aromatic heterocycles. The van der Waals surface area contributed by atoms with Crippen LogP contribution in [0, 0.1) is 6.92 Å². The molecule has 1 heterocycles. The van der Waals surface area contributed by atoms with E-state index in [9.17, 15) is 5.11 Å². The number of nitrogens with zero attached hydrogens (tertiary/aromatic N) is 3. The van der Waals surface area contributed by atoms with Crippen LogP contribution in [0.5, 0.6) is 0 Å². The van der Waals surface area contributed by atoms with E-state index in [1.54, 1.807) is 0 Å². The molecule has 0 saturated heterocycles. The average molecular weight is 252 g/mol. The van der Waals surface area contributed by atoms with Crippen molar-refractivity contribution in [2.24, 2.45) is 12.8 Å². The van der Waals surface area contributed by atoms with Crippen molar-refractivity contribution in [1.82, 2.24) is 9.78 Å². The normalized spacial score (nSPS) is 24.3. The van der Waals surface area contributed by atoms with Crippen molar-refractivity contribution in [2.75, 3.05) is 11.9 Å². The Labute approximate surface area is 109 Å². The number of aromatic nitrogens is 2. The van der Waals surface area contributed by atoms with Gasteiger partial charge in [0, 0.05) is 26.2 Å². The summed E-state index contributed by atoms with van der Waals surface area (Å²) in [4.78, 5) is 2.16. The highest BCUT2D eigenvalue weighted by Crippen LogP contribution is 2.29. The predicted octanol–water partition coefficient (Wildman–Crippen LogP) is 0.927. The van der Waals surface area contributed by atoms with Gasteiger partial charge in [0.1, 0.15) is 5.82 Å². The third kappa shape index (κ3) is 2.24. The molecule has 1 saturated carbocycles. The number of aliphatic hydroxyl groups is 1. The molecule has 18 heavy (non-hydrogen) atoms. The summed E-state index contributed by atoms with van der Waals surface area (Å²) >= 11 is 0. The van der Waals surface area contributed by atoms with Crippen LogP contribution in [0.25, 0.3) is 0 Å². The van der Waals surface area contributed by atoms with E-state index in [0.717, 1.165) is 36.3 Å². The molecular weight excluding hydrogens is 228 g/mol. The molecule has 5 heteroatoms. The second-order valence-electron chi connectivity index (χ2n) is 5.25. The molecule has 1 fully saturated rings. The van der Waals surface area contributed by atoms with Crippen LogP contribution in [0.4, 0.5) is 5.82 Å². The number of hydrogen-bond acceptors (Lipinski definition) is 4. The molecule has 3 N–H and O–H groups in total. The van der Waals surface area contributed by atoms with E-state index in [0.29, 0.717) is 6.54 Å². The zero-order chi connectivity index (χ0) is 13.3. The Balaban J connectivity index is 2.29. The van der Waals surface area contributed by atoms with Crippen molar-refractivity contribution < 1.29 is 5.11 Å². The molecule has 5 nitrogen and oxygen atoms in total. The maximum absolute atomic E-state index is 10.2. The maximum atomic E-state index is 10.2. The van der Waals surface area contributed by atoms with Gasteiger partial charge in [-0.15, -0.1) is 0 Å². The van der Waals surface area contributed by atoms with Gasteiger partial charge in [0.25, 0.3) is 0 Å². The standard InChI is InChI=1S/C13H24N4O/c1-9-10(8-14)13(17(3)15-9)16(2)11-6-4-5-7-12(11)18/h11-12,18H,4-8,14H2,1-3H3. The second-order valence-corrected chi connectivity index (χ2v) is 5.25. The molecule has 2 atom stereocenters. The van der Waals surface area contributed by atoms with Gasteiger partial charge in [-0.2, -0.15) is 5.10 Å². The van der Waals surface area contributed by atoms with Crippen molar-refractivity contribution in [3.05, 3.63) is 11.3 Å². The first-order valence-corrected chi connectivity index (χ1v) is 6.69. The number of rotatable bonds is 3. The summed E-state index contributed by atoms with van der Waals surface area (Å²) in [5.41, 5.74) is 7.88. The average Bonchev–Trinajstić information content (AvgIpc) is 2.63.